The van der Waals surface area contributed by atoms with Gasteiger partial charge in [-0.2, -0.15) is 18.3 Å². The summed E-state index contributed by atoms with van der Waals surface area (Å²) in [5.74, 6) is -0.611. The number of fused-ring (bicyclic) bond motifs is 1. The molecule has 39 heavy (non-hydrogen) atoms. The van der Waals surface area contributed by atoms with Crippen molar-refractivity contribution in [3.8, 4) is 0 Å². The van der Waals surface area contributed by atoms with Crippen LogP contribution in [0.2, 0.25) is 0 Å². The number of alkyl halides is 3. The summed E-state index contributed by atoms with van der Waals surface area (Å²) in [5.41, 5.74) is 1.09. The Balaban J connectivity index is 1.44. The maximum atomic E-state index is 13.1. The maximum absolute atomic E-state index is 13.1. The van der Waals surface area contributed by atoms with Crippen molar-refractivity contribution in [1.29, 1.82) is 0 Å². The van der Waals surface area contributed by atoms with Crippen LogP contribution in [-0.2, 0) is 18.0 Å². The van der Waals surface area contributed by atoms with Crippen LogP contribution in [0.15, 0.2) is 48.7 Å². The van der Waals surface area contributed by atoms with E-state index < -0.39 is 17.6 Å². The first-order valence-electron chi connectivity index (χ1n) is 12.0. The van der Waals surface area contributed by atoms with Crippen molar-refractivity contribution in [3.63, 3.8) is 0 Å². The highest BCUT2D eigenvalue weighted by atomic mass is 19.4. The highest BCUT2D eigenvalue weighted by molar-refractivity contribution is 6.05. The number of carbonyl (C=O) groups is 2. The molecule has 202 valence electrons. The molecule has 0 aliphatic carbocycles. The monoisotopic (exact) mass is 539 g/mol. The van der Waals surface area contributed by atoms with Gasteiger partial charge in [0.15, 0.2) is 5.65 Å². The van der Waals surface area contributed by atoms with Crippen LogP contribution in [0.4, 0.5) is 30.4 Å². The van der Waals surface area contributed by atoms with Gasteiger partial charge in [-0.1, -0.05) is 12.1 Å². The van der Waals surface area contributed by atoms with Crippen molar-refractivity contribution < 1.29 is 27.5 Å². The number of nitrogens with zero attached hydrogens (tertiary/aromatic N) is 5. The second-order valence-electron chi connectivity index (χ2n) is 8.99. The normalized spacial score (nSPS) is 13.9. The number of aromatic nitrogens is 4. The fourth-order valence-corrected chi connectivity index (χ4v) is 4.12. The highest BCUT2D eigenvalue weighted by Crippen LogP contribution is 2.31. The third kappa shape index (κ3) is 5.53. The molecule has 4 aromatic rings. The average Bonchev–Trinajstić information content (AvgIpc) is 3.30. The first-order valence-corrected chi connectivity index (χ1v) is 12.0. The average molecular weight is 540 g/mol. The summed E-state index contributed by atoms with van der Waals surface area (Å²) >= 11 is 0. The van der Waals surface area contributed by atoms with Crippen molar-refractivity contribution in [3.05, 3.63) is 71.2 Å². The van der Waals surface area contributed by atoms with E-state index in [4.69, 9.17) is 4.74 Å². The lowest BCUT2D eigenvalue weighted by atomic mass is 10.1. The van der Waals surface area contributed by atoms with E-state index in [1.54, 1.807) is 36.3 Å². The van der Waals surface area contributed by atoms with Gasteiger partial charge in [-0.25, -0.2) is 9.97 Å². The molecular weight excluding hydrogens is 515 g/mol. The fourth-order valence-electron chi connectivity index (χ4n) is 4.12. The predicted molar refractivity (Wildman–Crippen MR) is 137 cm³/mol. The Morgan fingerprint density at radius 2 is 1.82 bits per heavy atom. The van der Waals surface area contributed by atoms with Crippen LogP contribution in [0.1, 0.15) is 32.1 Å². The summed E-state index contributed by atoms with van der Waals surface area (Å²) < 4.78 is 46.0. The summed E-state index contributed by atoms with van der Waals surface area (Å²) in [5, 5.41) is 10.5. The third-order valence-electron chi connectivity index (χ3n) is 6.28. The Kier molecular flexibility index (Phi) is 6.91. The number of ether oxygens (including phenoxy) is 1. The molecule has 0 saturated carbocycles. The Labute approximate surface area is 220 Å². The smallest absolute Gasteiger partial charge is 0.378 e. The molecule has 3 heterocycles. The Morgan fingerprint density at radius 1 is 1.05 bits per heavy atom. The summed E-state index contributed by atoms with van der Waals surface area (Å²) in [6.45, 7) is 3.53. The molecule has 2 aromatic carbocycles. The predicted octanol–water partition coefficient (Wildman–Crippen LogP) is 4.16. The van der Waals surface area contributed by atoms with Crippen LogP contribution in [0.25, 0.3) is 11.0 Å². The van der Waals surface area contributed by atoms with Crippen molar-refractivity contribution in [2.75, 3.05) is 36.9 Å². The van der Waals surface area contributed by atoms with E-state index in [-0.39, 0.29) is 23.0 Å². The quantitative estimate of drug-likeness (QED) is 0.392. The molecule has 2 amide bonds. The number of amides is 2. The van der Waals surface area contributed by atoms with Crippen LogP contribution in [0.3, 0.4) is 0 Å². The van der Waals surface area contributed by atoms with Crippen molar-refractivity contribution in [1.82, 2.24) is 24.6 Å². The van der Waals surface area contributed by atoms with Gasteiger partial charge in [-0.15, -0.1) is 0 Å². The molecule has 1 fully saturated rings. The second kappa shape index (κ2) is 10.3. The van der Waals surface area contributed by atoms with E-state index in [2.05, 4.69) is 25.7 Å². The Bertz CT molecular complexity index is 1560. The Hall–Kier alpha value is -4.52. The Morgan fingerprint density at radius 3 is 2.56 bits per heavy atom. The van der Waals surface area contributed by atoms with E-state index in [9.17, 15) is 22.8 Å². The van der Waals surface area contributed by atoms with Gasteiger partial charge in [-0.05, 0) is 42.8 Å². The number of hydrogen-bond donors (Lipinski definition) is 2. The minimum atomic E-state index is -4.53. The molecule has 1 aliphatic rings. The molecule has 1 aliphatic heterocycles. The molecule has 0 atom stereocenters. The number of nitrogens with one attached hydrogen (secondary N) is 2. The number of morpholine rings is 1. The molecule has 0 radical (unpaired) electrons. The van der Waals surface area contributed by atoms with Crippen LogP contribution in [0, 0.1) is 6.92 Å². The molecule has 0 unspecified atom stereocenters. The van der Waals surface area contributed by atoms with Gasteiger partial charge in [0, 0.05) is 37.1 Å². The zero-order valence-corrected chi connectivity index (χ0v) is 21.0. The van der Waals surface area contributed by atoms with Crippen molar-refractivity contribution in [2.45, 2.75) is 13.1 Å². The van der Waals surface area contributed by atoms with Crippen molar-refractivity contribution >= 4 is 40.0 Å². The zero-order chi connectivity index (χ0) is 27.7. The van der Waals surface area contributed by atoms with E-state index in [1.807, 2.05) is 6.92 Å². The van der Waals surface area contributed by atoms with Gasteiger partial charge >= 0.3 is 6.18 Å². The first-order chi connectivity index (χ1) is 18.6. The van der Waals surface area contributed by atoms with Crippen molar-refractivity contribution in [2.24, 2.45) is 7.05 Å². The lowest BCUT2D eigenvalue weighted by molar-refractivity contribution is -0.137. The van der Waals surface area contributed by atoms with Gasteiger partial charge < -0.3 is 20.3 Å². The highest BCUT2D eigenvalue weighted by Gasteiger charge is 2.30. The molecule has 1 saturated heterocycles. The molecule has 2 N–H and O–H groups in total. The van der Waals surface area contributed by atoms with Crippen LogP contribution in [-0.4, -0.2) is 62.8 Å². The number of benzene rings is 2. The SMILES string of the molecule is Cc1ccc(C(=O)Nc2cccc(C(F)(F)F)c2)cc1Nc1nc(C(=O)N2CCOCC2)nc2c1cnn2C. The number of aryl methyl sites for hydroxylation is 2. The molecule has 0 spiro atoms. The molecule has 5 rings (SSSR count). The van der Waals surface area contributed by atoms with Gasteiger partial charge in [0.25, 0.3) is 11.8 Å². The topological polar surface area (TPSA) is 114 Å². The number of carbonyl (C=O) groups excluding carboxylic acids is 2. The summed E-state index contributed by atoms with van der Waals surface area (Å²) in [6, 6.07) is 9.24. The largest absolute Gasteiger partial charge is 0.416 e. The van der Waals surface area contributed by atoms with Gasteiger partial charge in [-0.3, -0.25) is 14.3 Å². The van der Waals surface area contributed by atoms with Gasteiger partial charge in [0.2, 0.25) is 5.82 Å². The fraction of sp³-hybridized carbons (Fsp3) is 0.269. The molecule has 0 bridgehead atoms. The number of hydrogen-bond acceptors (Lipinski definition) is 7. The van der Waals surface area contributed by atoms with Gasteiger partial charge in [0.1, 0.15) is 5.82 Å². The van der Waals surface area contributed by atoms with Crippen LogP contribution < -0.4 is 10.6 Å². The standard InChI is InChI=1S/C26H24F3N7O3/c1-15-6-7-16(24(37)31-18-5-3-4-17(13-18)26(27,28)29)12-20(15)32-21-19-14-30-35(2)23(19)34-22(33-21)25(38)36-8-10-39-11-9-36/h3-7,12-14H,8-11H2,1-2H3,(H,31,37)(H,32,33,34). The number of anilines is 3. The maximum Gasteiger partial charge on any atom is 0.416 e. The van der Waals surface area contributed by atoms with E-state index in [0.717, 1.165) is 17.7 Å². The number of halogens is 3. The zero-order valence-electron chi connectivity index (χ0n) is 21.0. The van der Waals surface area contributed by atoms with Crippen LogP contribution >= 0.6 is 0 Å². The van der Waals surface area contributed by atoms with Crippen LogP contribution in [0.5, 0.6) is 0 Å². The second-order valence-corrected chi connectivity index (χ2v) is 8.99. The minimum Gasteiger partial charge on any atom is -0.378 e. The lowest BCUT2D eigenvalue weighted by Gasteiger charge is -2.26. The summed E-state index contributed by atoms with van der Waals surface area (Å²) in [4.78, 5) is 36.6. The molecular formula is C26H24F3N7O3. The lowest BCUT2D eigenvalue weighted by Crippen LogP contribution is -2.41. The van der Waals surface area contributed by atoms with E-state index >= 15 is 0 Å². The molecule has 2 aromatic heterocycles. The van der Waals surface area contributed by atoms with Gasteiger partial charge in [0.05, 0.1) is 30.4 Å². The summed E-state index contributed by atoms with van der Waals surface area (Å²) in [7, 11) is 1.70. The number of rotatable bonds is 5. The summed E-state index contributed by atoms with van der Waals surface area (Å²) in [6.07, 6.45) is -2.96. The third-order valence-corrected chi connectivity index (χ3v) is 6.28. The first kappa shape index (κ1) is 26.1. The molecule has 13 heteroatoms. The van der Waals surface area contributed by atoms with E-state index in [1.165, 1.54) is 16.8 Å². The molecule has 10 nitrogen and oxygen atoms in total. The van der Waals surface area contributed by atoms with E-state index in [0.29, 0.717) is 48.8 Å². The minimum absolute atomic E-state index is 0.00778.